The van der Waals surface area contributed by atoms with Crippen molar-refractivity contribution in [3.05, 3.63) is 82.4 Å². The van der Waals surface area contributed by atoms with Crippen molar-refractivity contribution >= 4 is 21.5 Å². The van der Waals surface area contributed by atoms with E-state index in [2.05, 4.69) is 55.6 Å². The van der Waals surface area contributed by atoms with Crippen molar-refractivity contribution in [3.63, 3.8) is 0 Å². The van der Waals surface area contributed by atoms with E-state index in [0.29, 0.717) is 6.42 Å². The molecule has 0 aliphatic carbocycles. The van der Waals surface area contributed by atoms with Crippen molar-refractivity contribution in [2.45, 2.75) is 51.7 Å². The second-order valence-corrected chi connectivity index (χ2v) is 12.1. The lowest BCUT2D eigenvalue weighted by Gasteiger charge is -2.28. The molecule has 2 aliphatic heterocycles. The molecule has 36 heavy (non-hydrogen) atoms. The number of fused-ring (bicyclic) bond motifs is 1. The number of ether oxygens (including phenoxy) is 1. The first-order valence-corrected chi connectivity index (χ1v) is 14.2. The molecular formula is C29H31NO5S. The van der Waals surface area contributed by atoms with Crippen LogP contribution in [0, 0.1) is 13.8 Å². The molecule has 1 unspecified atom stereocenters. The fourth-order valence-corrected chi connectivity index (χ4v) is 6.52. The second-order valence-electron chi connectivity index (χ2n) is 10.00. The summed E-state index contributed by atoms with van der Waals surface area (Å²) in [6.45, 7) is 4.13. The third-order valence-electron chi connectivity index (χ3n) is 7.10. The number of sulfone groups is 1. The largest absolute Gasteiger partial charge is 0.488 e. The van der Waals surface area contributed by atoms with Gasteiger partial charge in [-0.05, 0) is 96.3 Å². The first-order chi connectivity index (χ1) is 17.2. The molecule has 188 valence electrons. The zero-order chi connectivity index (χ0) is 25.4. The SMILES string of the molecule is Cc1cc(OC2CS(=O)(=O)C2)cc(C)c1-c1cccc(C2CCc3cc(CCC(=O)O)ccc3N2)c1. The van der Waals surface area contributed by atoms with Gasteiger partial charge < -0.3 is 15.2 Å². The number of aliphatic carboxylic acids is 1. The van der Waals surface area contributed by atoms with E-state index in [0.717, 1.165) is 46.5 Å². The van der Waals surface area contributed by atoms with Crippen molar-refractivity contribution in [2.24, 2.45) is 0 Å². The van der Waals surface area contributed by atoms with E-state index in [1.807, 2.05) is 18.2 Å². The van der Waals surface area contributed by atoms with Gasteiger partial charge in [-0.1, -0.05) is 30.3 Å². The van der Waals surface area contributed by atoms with Crippen LogP contribution in [0.4, 0.5) is 5.69 Å². The summed E-state index contributed by atoms with van der Waals surface area (Å²) in [6.07, 6.45) is 2.36. The van der Waals surface area contributed by atoms with E-state index in [1.165, 1.54) is 16.7 Å². The Balaban J connectivity index is 1.33. The number of carboxylic acid groups (broad SMARTS) is 1. The van der Waals surface area contributed by atoms with Crippen molar-refractivity contribution in [3.8, 4) is 16.9 Å². The van der Waals surface area contributed by atoms with Gasteiger partial charge in [-0.2, -0.15) is 0 Å². The highest BCUT2D eigenvalue weighted by Gasteiger charge is 2.35. The van der Waals surface area contributed by atoms with E-state index in [4.69, 9.17) is 9.84 Å². The summed E-state index contributed by atoms with van der Waals surface area (Å²) in [5, 5.41) is 12.6. The van der Waals surface area contributed by atoms with Gasteiger partial charge in [0.15, 0.2) is 9.84 Å². The van der Waals surface area contributed by atoms with Gasteiger partial charge in [-0.25, -0.2) is 8.42 Å². The van der Waals surface area contributed by atoms with E-state index in [-0.39, 0.29) is 30.1 Å². The molecule has 0 amide bonds. The Morgan fingerprint density at radius 2 is 1.81 bits per heavy atom. The van der Waals surface area contributed by atoms with Crippen LogP contribution in [0.25, 0.3) is 11.1 Å². The molecule has 2 N–H and O–H groups in total. The minimum Gasteiger partial charge on any atom is -0.488 e. The summed E-state index contributed by atoms with van der Waals surface area (Å²) >= 11 is 0. The van der Waals surface area contributed by atoms with Crippen LogP contribution in [0.3, 0.4) is 0 Å². The average Bonchev–Trinajstić information content (AvgIpc) is 2.81. The summed E-state index contributed by atoms with van der Waals surface area (Å²) in [5.41, 5.74) is 9.17. The Bertz CT molecular complexity index is 1390. The zero-order valence-electron chi connectivity index (χ0n) is 20.6. The highest BCUT2D eigenvalue weighted by molar-refractivity contribution is 7.92. The van der Waals surface area contributed by atoms with Crippen molar-refractivity contribution in [2.75, 3.05) is 16.8 Å². The van der Waals surface area contributed by atoms with Crippen LogP contribution in [0.2, 0.25) is 0 Å². The number of hydrogen-bond donors (Lipinski definition) is 2. The smallest absolute Gasteiger partial charge is 0.303 e. The summed E-state index contributed by atoms with van der Waals surface area (Å²) in [5.74, 6) is 0.136. The standard InChI is InChI=1S/C29H31NO5S/c1-18-12-24(35-25-16-36(33,34)17-25)13-19(2)29(18)23-5-3-4-21(15-23)27-10-8-22-14-20(7-11-28(31)32)6-9-26(22)30-27/h3-6,9,12-15,25,27,30H,7-8,10-11,16-17H2,1-2H3,(H,31,32). The van der Waals surface area contributed by atoms with Crippen molar-refractivity contribution < 1.29 is 23.1 Å². The monoisotopic (exact) mass is 505 g/mol. The number of carbonyl (C=O) groups is 1. The molecule has 3 aromatic rings. The van der Waals surface area contributed by atoms with Crippen LogP contribution in [-0.2, 0) is 27.5 Å². The lowest BCUT2D eigenvalue weighted by Crippen LogP contribution is -2.45. The third-order valence-corrected chi connectivity index (χ3v) is 8.85. The van der Waals surface area contributed by atoms with Crippen LogP contribution in [0.5, 0.6) is 5.75 Å². The Morgan fingerprint density at radius 1 is 1.06 bits per heavy atom. The molecule has 0 spiro atoms. The van der Waals surface area contributed by atoms with Gasteiger partial charge in [0.05, 0.1) is 17.5 Å². The van der Waals surface area contributed by atoms with Crippen LogP contribution in [0.15, 0.2) is 54.6 Å². The first kappa shape index (κ1) is 24.4. The predicted octanol–water partition coefficient (Wildman–Crippen LogP) is 5.26. The van der Waals surface area contributed by atoms with Gasteiger partial charge in [0.2, 0.25) is 0 Å². The number of aryl methyl sites for hydroxylation is 4. The van der Waals surface area contributed by atoms with Gasteiger partial charge in [0.1, 0.15) is 11.9 Å². The molecule has 0 radical (unpaired) electrons. The molecule has 1 fully saturated rings. The zero-order valence-corrected chi connectivity index (χ0v) is 21.4. The summed E-state index contributed by atoms with van der Waals surface area (Å²) < 4.78 is 28.8. The molecular weight excluding hydrogens is 474 g/mol. The third kappa shape index (κ3) is 5.26. The molecule has 1 atom stereocenters. The number of benzene rings is 3. The normalized spacial score (nSPS) is 18.6. The number of anilines is 1. The highest BCUT2D eigenvalue weighted by Crippen LogP contribution is 2.37. The molecule has 0 aromatic heterocycles. The van der Waals surface area contributed by atoms with Gasteiger partial charge in [0, 0.05) is 12.1 Å². The minimum absolute atomic E-state index is 0.0933. The maximum Gasteiger partial charge on any atom is 0.303 e. The van der Waals surface area contributed by atoms with Crippen LogP contribution in [0.1, 0.15) is 46.7 Å². The predicted molar refractivity (Wildman–Crippen MR) is 142 cm³/mol. The maximum absolute atomic E-state index is 11.5. The van der Waals surface area contributed by atoms with E-state index in [1.54, 1.807) is 0 Å². The summed E-state index contributed by atoms with van der Waals surface area (Å²) in [7, 11) is -2.92. The Morgan fingerprint density at radius 3 is 2.50 bits per heavy atom. The second kappa shape index (κ2) is 9.62. The van der Waals surface area contributed by atoms with Crippen LogP contribution >= 0.6 is 0 Å². The lowest BCUT2D eigenvalue weighted by molar-refractivity contribution is -0.136. The fourth-order valence-electron chi connectivity index (χ4n) is 5.35. The quantitative estimate of drug-likeness (QED) is 0.455. The Labute approximate surface area is 212 Å². The molecule has 2 aliphatic rings. The van der Waals surface area contributed by atoms with Gasteiger partial charge in [-0.15, -0.1) is 0 Å². The maximum atomic E-state index is 11.5. The molecule has 3 aromatic carbocycles. The highest BCUT2D eigenvalue weighted by atomic mass is 32.2. The first-order valence-electron chi connectivity index (χ1n) is 12.4. The number of carboxylic acids is 1. The molecule has 0 bridgehead atoms. The lowest BCUT2D eigenvalue weighted by atomic mass is 9.89. The van der Waals surface area contributed by atoms with Crippen LogP contribution in [-0.4, -0.2) is 37.1 Å². The van der Waals surface area contributed by atoms with E-state index < -0.39 is 15.8 Å². The molecule has 5 rings (SSSR count). The van der Waals surface area contributed by atoms with E-state index in [9.17, 15) is 13.2 Å². The van der Waals surface area contributed by atoms with E-state index >= 15 is 0 Å². The molecule has 2 heterocycles. The van der Waals surface area contributed by atoms with Gasteiger partial charge >= 0.3 is 5.97 Å². The Kier molecular flexibility index (Phi) is 6.51. The fraction of sp³-hybridized carbons (Fsp3) is 0.345. The Hall–Kier alpha value is -3.32. The molecule has 0 saturated carbocycles. The summed E-state index contributed by atoms with van der Waals surface area (Å²) in [6, 6.07) is 19.0. The molecule has 7 heteroatoms. The number of rotatable bonds is 7. The topological polar surface area (TPSA) is 92.7 Å². The molecule has 6 nitrogen and oxygen atoms in total. The number of hydrogen-bond acceptors (Lipinski definition) is 5. The average molecular weight is 506 g/mol. The number of nitrogens with one attached hydrogen (secondary N) is 1. The van der Waals surface area contributed by atoms with Crippen molar-refractivity contribution in [1.29, 1.82) is 0 Å². The summed E-state index contributed by atoms with van der Waals surface area (Å²) in [4.78, 5) is 10.9. The van der Waals surface area contributed by atoms with Crippen LogP contribution < -0.4 is 10.1 Å². The van der Waals surface area contributed by atoms with Gasteiger partial charge in [-0.3, -0.25) is 4.79 Å². The van der Waals surface area contributed by atoms with Gasteiger partial charge in [0.25, 0.3) is 0 Å². The molecule has 1 saturated heterocycles. The minimum atomic E-state index is -2.92. The van der Waals surface area contributed by atoms with Crippen molar-refractivity contribution in [1.82, 2.24) is 0 Å².